The van der Waals surface area contributed by atoms with Gasteiger partial charge in [0.2, 0.25) is 0 Å². The van der Waals surface area contributed by atoms with Crippen LogP contribution >= 0.6 is 11.6 Å². The van der Waals surface area contributed by atoms with Crippen LogP contribution < -0.4 is 0 Å². The van der Waals surface area contributed by atoms with Gasteiger partial charge in [0.1, 0.15) is 5.69 Å². The van der Waals surface area contributed by atoms with Crippen LogP contribution in [0.15, 0.2) is 12.3 Å². The molecule has 1 aromatic rings. The van der Waals surface area contributed by atoms with Gasteiger partial charge >= 0.3 is 0 Å². The zero-order chi connectivity index (χ0) is 12.0. The van der Waals surface area contributed by atoms with E-state index in [0.29, 0.717) is 23.9 Å². The van der Waals surface area contributed by atoms with Crippen LogP contribution in [0.2, 0.25) is 5.02 Å². The maximum atomic E-state index is 11.9. The number of amides is 1. The van der Waals surface area contributed by atoms with Crippen LogP contribution in [0.1, 0.15) is 10.5 Å². The van der Waals surface area contributed by atoms with Crippen LogP contribution in [-0.2, 0) is 4.74 Å². The Labute approximate surface area is 99.0 Å². The maximum Gasteiger partial charge on any atom is 0.270 e. The summed E-state index contributed by atoms with van der Waals surface area (Å²) in [6, 6.07) is 1.56. The number of hydrogen-bond acceptors (Lipinski definition) is 3. The summed E-state index contributed by atoms with van der Waals surface area (Å²) in [5.41, 5.74) is 0.412. The molecule has 0 aliphatic heterocycles. The fraction of sp³-hybridized carbons (Fsp3) is 0.500. The van der Waals surface area contributed by atoms with Gasteiger partial charge in [-0.15, -0.1) is 0 Å². The first-order valence-electron chi connectivity index (χ1n) is 4.92. The van der Waals surface area contributed by atoms with Gasteiger partial charge in [0.15, 0.2) is 0 Å². The molecule has 1 rings (SSSR count). The lowest BCUT2D eigenvalue weighted by atomic mass is 10.3. The molecule has 5 nitrogen and oxygen atoms in total. The Kier molecular flexibility index (Phi) is 5.31. The standard InChI is InChI=1S/C10H15ClN2O3/c1-16-5-3-13(2-4-14)10(15)9-6-8(11)7-12-9/h6-7,12,14H,2-5H2,1H3. The Morgan fingerprint density at radius 1 is 1.62 bits per heavy atom. The number of H-pyrrole nitrogens is 1. The predicted molar refractivity (Wildman–Crippen MR) is 60.7 cm³/mol. The molecule has 0 fully saturated rings. The third kappa shape index (κ3) is 3.52. The number of aliphatic hydroxyl groups is 1. The van der Waals surface area contributed by atoms with Gasteiger partial charge in [0.25, 0.3) is 5.91 Å². The second kappa shape index (κ2) is 6.52. The molecule has 1 heterocycles. The molecule has 0 spiro atoms. The second-order valence-corrected chi connectivity index (χ2v) is 3.68. The number of ether oxygens (including phenoxy) is 1. The van der Waals surface area contributed by atoms with Crippen LogP contribution in [0.25, 0.3) is 0 Å². The molecule has 0 radical (unpaired) electrons. The molecule has 1 aromatic heterocycles. The molecule has 0 saturated heterocycles. The molecule has 0 aromatic carbocycles. The molecule has 0 saturated carbocycles. The number of halogens is 1. The zero-order valence-electron chi connectivity index (χ0n) is 9.07. The van der Waals surface area contributed by atoms with E-state index in [1.165, 1.54) is 4.90 Å². The SMILES string of the molecule is COCCN(CCO)C(=O)c1cc(Cl)c[nH]1. The van der Waals surface area contributed by atoms with Crippen LogP contribution in [0, 0.1) is 0 Å². The largest absolute Gasteiger partial charge is 0.395 e. The summed E-state index contributed by atoms with van der Waals surface area (Å²) in [7, 11) is 1.56. The summed E-state index contributed by atoms with van der Waals surface area (Å²) < 4.78 is 4.90. The second-order valence-electron chi connectivity index (χ2n) is 3.24. The van der Waals surface area contributed by atoms with E-state index in [-0.39, 0.29) is 19.1 Å². The third-order valence-corrected chi connectivity index (χ3v) is 2.32. The van der Waals surface area contributed by atoms with Crippen molar-refractivity contribution in [1.82, 2.24) is 9.88 Å². The van der Waals surface area contributed by atoms with Crippen molar-refractivity contribution < 1.29 is 14.6 Å². The molecule has 90 valence electrons. The molecular formula is C10H15ClN2O3. The first kappa shape index (κ1) is 13.0. The lowest BCUT2D eigenvalue weighted by Crippen LogP contribution is -2.36. The van der Waals surface area contributed by atoms with Crippen LogP contribution in [0.5, 0.6) is 0 Å². The van der Waals surface area contributed by atoms with Crippen molar-refractivity contribution in [2.75, 3.05) is 33.4 Å². The van der Waals surface area contributed by atoms with Crippen LogP contribution in [-0.4, -0.2) is 54.3 Å². The Bertz CT molecular complexity index is 341. The van der Waals surface area contributed by atoms with E-state index in [4.69, 9.17) is 21.4 Å². The number of nitrogens with one attached hydrogen (secondary N) is 1. The van der Waals surface area contributed by atoms with Gasteiger partial charge in [-0.25, -0.2) is 0 Å². The highest BCUT2D eigenvalue weighted by Gasteiger charge is 2.16. The van der Waals surface area contributed by atoms with E-state index in [9.17, 15) is 4.79 Å². The highest BCUT2D eigenvalue weighted by Crippen LogP contribution is 2.11. The number of carbonyl (C=O) groups is 1. The Hall–Kier alpha value is -1.04. The van der Waals surface area contributed by atoms with Crippen LogP contribution in [0.3, 0.4) is 0 Å². The number of aromatic nitrogens is 1. The molecule has 0 aliphatic rings. The predicted octanol–water partition coefficient (Wildman–Crippen LogP) is 0.749. The molecule has 0 aliphatic carbocycles. The minimum absolute atomic E-state index is 0.0795. The summed E-state index contributed by atoms with van der Waals surface area (Å²) in [5.74, 6) is -0.196. The molecule has 0 bridgehead atoms. The first-order valence-corrected chi connectivity index (χ1v) is 5.29. The van der Waals surface area contributed by atoms with E-state index in [1.54, 1.807) is 19.4 Å². The smallest absolute Gasteiger partial charge is 0.270 e. The average molecular weight is 247 g/mol. The number of aromatic amines is 1. The van der Waals surface area contributed by atoms with Gasteiger partial charge in [-0.3, -0.25) is 4.79 Å². The minimum Gasteiger partial charge on any atom is -0.395 e. The van der Waals surface area contributed by atoms with Crippen molar-refractivity contribution in [2.24, 2.45) is 0 Å². The fourth-order valence-corrected chi connectivity index (χ4v) is 1.46. The number of carbonyl (C=O) groups excluding carboxylic acids is 1. The van der Waals surface area contributed by atoms with Gasteiger partial charge < -0.3 is 19.7 Å². The summed E-state index contributed by atoms with van der Waals surface area (Å²) in [6.07, 6.45) is 1.54. The number of nitrogens with zero attached hydrogens (tertiary/aromatic N) is 1. The van der Waals surface area contributed by atoms with Crippen molar-refractivity contribution >= 4 is 17.5 Å². The van der Waals surface area contributed by atoms with Gasteiger partial charge in [-0.05, 0) is 6.07 Å². The number of rotatable bonds is 6. The highest BCUT2D eigenvalue weighted by molar-refractivity contribution is 6.30. The third-order valence-electron chi connectivity index (χ3n) is 2.10. The number of hydrogen-bond donors (Lipinski definition) is 2. The van der Waals surface area contributed by atoms with Crippen molar-refractivity contribution in [3.05, 3.63) is 23.0 Å². The molecule has 6 heteroatoms. The molecular weight excluding hydrogens is 232 g/mol. The maximum absolute atomic E-state index is 11.9. The number of aliphatic hydroxyl groups excluding tert-OH is 1. The summed E-state index contributed by atoms with van der Waals surface area (Å²) in [4.78, 5) is 16.2. The molecule has 1 amide bonds. The molecule has 16 heavy (non-hydrogen) atoms. The Balaban J connectivity index is 2.66. The lowest BCUT2D eigenvalue weighted by Gasteiger charge is -2.20. The normalized spacial score (nSPS) is 10.4. The first-order chi connectivity index (χ1) is 7.69. The van der Waals surface area contributed by atoms with Gasteiger partial charge in [0, 0.05) is 26.4 Å². The monoisotopic (exact) mass is 246 g/mol. The highest BCUT2D eigenvalue weighted by atomic mass is 35.5. The fourth-order valence-electron chi connectivity index (χ4n) is 1.30. The zero-order valence-corrected chi connectivity index (χ0v) is 9.83. The topological polar surface area (TPSA) is 65.6 Å². The van der Waals surface area contributed by atoms with Crippen molar-refractivity contribution in [2.45, 2.75) is 0 Å². The van der Waals surface area contributed by atoms with Crippen molar-refractivity contribution in [3.8, 4) is 0 Å². The summed E-state index contributed by atoms with van der Waals surface area (Å²) in [6.45, 7) is 1.06. The van der Waals surface area contributed by atoms with Crippen molar-refractivity contribution in [1.29, 1.82) is 0 Å². The number of methoxy groups -OCH3 is 1. The van der Waals surface area contributed by atoms with E-state index >= 15 is 0 Å². The van der Waals surface area contributed by atoms with Gasteiger partial charge in [-0.1, -0.05) is 11.6 Å². The minimum atomic E-state index is -0.196. The van der Waals surface area contributed by atoms with Crippen LogP contribution in [0.4, 0.5) is 0 Å². The van der Waals surface area contributed by atoms with Gasteiger partial charge in [-0.2, -0.15) is 0 Å². The molecule has 0 atom stereocenters. The summed E-state index contributed by atoms with van der Waals surface area (Å²) >= 11 is 5.71. The lowest BCUT2D eigenvalue weighted by molar-refractivity contribution is 0.0651. The quantitative estimate of drug-likeness (QED) is 0.779. The Morgan fingerprint density at radius 2 is 2.38 bits per heavy atom. The van der Waals surface area contributed by atoms with Gasteiger partial charge in [0.05, 0.1) is 18.2 Å². The van der Waals surface area contributed by atoms with E-state index in [1.807, 2.05) is 0 Å². The average Bonchev–Trinajstić information content (AvgIpc) is 2.70. The van der Waals surface area contributed by atoms with E-state index in [0.717, 1.165) is 0 Å². The molecule has 0 unspecified atom stereocenters. The molecule has 2 N–H and O–H groups in total. The van der Waals surface area contributed by atoms with Crippen molar-refractivity contribution in [3.63, 3.8) is 0 Å². The Morgan fingerprint density at radius 3 is 2.88 bits per heavy atom. The summed E-state index contributed by atoms with van der Waals surface area (Å²) in [5, 5.41) is 9.35. The van der Waals surface area contributed by atoms with E-state index < -0.39 is 0 Å². The van der Waals surface area contributed by atoms with E-state index in [2.05, 4.69) is 4.98 Å².